The maximum Gasteiger partial charge on any atom is 0.226 e. The quantitative estimate of drug-likeness (QED) is 0.130. The van der Waals surface area contributed by atoms with Crippen LogP contribution in [-0.2, 0) is 57.1 Å². The van der Waals surface area contributed by atoms with Gasteiger partial charge in [0.2, 0.25) is 11.6 Å². The van der Waals surface area contributed by atoms with Crippen molar-refractivity contribution in [3.8, 4) is 0 Å². The van der Waals surface area contributed by atoms with Gasteiger partial charge < -0.3 is 78.7 Å². The van der Waals surface area contributed by atoms with Gasteiger partial charge in [-0.1, -0.05) is 164 Å². The van der Waals surface area contributed by atoms with Gasteiger partial charge in [0.1, 0.15) is 48.8 Å². The first-order valence-electron chi connectivity index (χ1n) is 43.9. The number of fused-ring (bicyclic) bond motifs is 24. The van der Waals surface area contributed by atoms with Crippen LogP contribution in [0.2, 0.25) is 0 Å². The molecule has 0 radical (unpaired) electrons. The summed E-state index contributed by atoms with van der Waals surface area (Å²) in [5.74, 6) is 1.46. The summed E-state index contributed by atoms with van der Waals surface area (Å²) in [6.07, 6.45) is 36.6. The normalized spacial score (nSPS) is 50.9. The molecule has 115 heavy (non-hydrogen) atoms. The highest BCUT2D eigenvalue weighted by molar-refractivity contribution is 5.92. The van der Waals surface area contributed by atoms with Crippen molar-refractivity contribution in [2.75, 3.05) is 53.6 Å². The molecular weight excluding hydrogens is 1460 g/mol. The van der Waals surface area contributed by atoms with Gasteiger partial charge in [0.25, 0.3) is 0 Å². The first kappa shape index (κ1) is 90.7. The van der Waals surface area contributed by atoms with Crippen molar-refractivity contribution in [2.24, 2.45) is 114 Å². The molecule has 20 heteroatoms. The molecule has 4 spiro atoms. The summed E-state index contributed by atoms with van der Waals surface area (Å²) in [6, 6.07) is 0. The molecule has 8 N–H and O–H groups in total. The molecule has 0 aromatic heterocycles. The summed E-state index contributed by atoms with van der Waals surface area (Å²) in [7, 11) is 0. The fraction of sp³-hybridized carbons (Fsp3) is 0.832. The Morgan fingerprint density at radius 1 is 0.391 bits per heavy atom. The number of hydrogen-bond acceptors (Lipinski definition) is 20. The molecule has 0 bridgehead atoms. The monoisotopic (exact) mass is 1610 g/mol. The minimum absolute atomic E-state index is 0. The van der Waals surface area contributed by atoms with Gasteiger partial charge in [-0.25, -0.2) is 0 Å². The van der Waals surface area contributed by atoms with Crippen LogP contribution in [0.15, 0.2) is 70.9 Å². The Balaban J connectivity index is 0.000000139. The van der Waals surface area contributed by atoms with Crippen LogP contribution in [0.5, 0.6) is 0 Å². The van der Waals surface area contributed by atoms with Crippen LogP contribution in [0.25, 0.3) is 0 Å². The standard InChI is InChI=1S/C23H32O6.C23H32O5.C21H30O5.C21H30O4.2C2H6.3CH4/c1-20-7-5-15(24)9-14(20)3-4-16-17-6-8-22(21(17,2)10-18(25)19(16)20)23(29-13-27-22)11-26-12-28-23;1-20-9-4-3-5-15(20)6-7-16-17-8-10-22(21(17,2)11-18(24)19(16)20)23(28-14-26-22)12-25-13-27-23;1-19-7-5-13(23)9-12(19)3-4-14-15-6-8-21(26,17(25)11-22)20(15,2)10-16(24)18(14)19;1-19-9-4-3-5-13(19)6-7-14-15-8-10-21(25,17(24)12-22)20(15,2)11-16(23)18(14)19;2*1-2;;;/h9,16-19,25H,3-8,10-13H2,1-2H3;3-5,16-19,24H,6-14H2,1-2H3;9,14-16,18,22,24,26H,3-8,10-11H2,1-2H3;3-5,14-16,18,22-23,25H,6-12H2,1-2H3;2*1-2H3;3*1H4/t2*16-,17-,18-,19+,20-,21-,22+,23?;2*14-,15-,16-,18+,19-,20-,21-;;;;;/m0000...../s1. The smallest absolute Gasteiger partial charge is 0.226 e. The number of Topliss-reactive ketones (excluding diaryl/α,β-unsaturated/α-hetero) is 2. The minimum atomic E-state index is -1.54. The number of carbonyl (C=O) groups excluding carboxylic acids is 4. The zero-order chi connectivity index (χ0) is 80.2. The van der Waals surface area contributed by atoms with Crippen molar-refractivity contribution in [3.63, 3.8) is 0 Å². The van der Waals surface area contributed by atoms with Crippen LogP contribution in [0.1, 0.15) is 272 Å². The summed E-state index contributed by atoms with van der Waals surface area (Å²) < 4.78 is 48.2. The predicted octanol–water partition coefficient (Wildman–Crippen LogP) is 14.6. The lowest BCUT2D eigenvalue weighted by Crippen LogP contribution is -2.66. The Kier molecular flexibility index (Phi) is 25.5. The Morgan fingerprint density at radius 3 is 1.03 bits per heavy atom. The SMILES string of the molecule is C.C.C.CC.CC.C[C@]12CC=CC=C1CC[C@@H]1[C@@H]2[C@@H](O)C[C@@]2(C)[C@H]1CC[C@@]21OCOC12COCO2.C[C@]12CC=CC=C1CC[C@@H]1[C@@H]2[C@@H](O)C[C@@]2(C)[C@H]1CC[C@]2(O)C(=O)CO.C[C@]12CCC(=O)C=C1CC[C@@H]1[C@@H]2[C@@H](O)C[C@@]2(C)[C@H]1CC[C@@]21OCOC12COCO2.C[C@]12CCC(=O)C=C1CC[C@@H]1[C@@H]2[C@@H](O)C[C@@]2(C)[C@H]1CC[C@]2(O)C(=O)CO. The molecule has 16 aliphatic carbocycles. The highest BCUT2D eigenvalue weighted by atomic mass is 16.9. The molecule has 20 rings (SSSR count). The maximum absolute atomic E-state index is 12.4. The van der Waals surface area contributed by atoms with E-state index in [2.05, 4.69) is 78.0 Å². The zero-order valence-electron chi connectivity index (χ0n) is 69.4. The van der Waals surface area contributed by atoms with E-state index in [-0.39, 0.29) is 135 Å². The van der Waals surface area contributed by atoms with Gasteiger partial charge in [-0.05, 0) is 259 Å². The summed E-state index contributed by atoms with van der Waals surface area (Å²) >= 11 is 0. The van der Waals surface area contributed by atoms with Crippen molar-refractivity contribution >= 4 is 23.1 Å². The highest BCUT2D eigenvalue weighted by Crippen LogP contribution is 2.76. The van der Waals surface area contributed by atoms with Gasteiger partial charge in [0.05, 0.1) is 24.4 Å². The molecule has 20 nitrogen and oxygen atoms in total. The molecule has 4 saturated heterocycles. The van der Waals surface area contributed by atoms with Crippen molar-refractivity contribution in [2.45, 2.75) is 331 Å². The van der Waals surface area contributed by atoms with Gasteiger partial charge in [-0.2, -0.15) is 0 Å². The molecule has 0 aromatic rings. The third-order valence-corrected chi connectivity index (χ3v) is 36.6. The van der Waals surface area contributed by atoms with Crippen molar-refractivity contribution in [1.82, 2.24) is 0 Å². The zero-order valence-corrected chi connectivity index (χ0v) is 69.4. The number of allylic oxidation sites excluding steroid dienone is 10. The number of ketones is 4. The molecular formula is C95H148O20. The number of aliphatic hydroxyl groups is 8. The van der Waals surface area contributed by atoms with Crippen LogP contribution < -0.4 is 0 Å². The van der Waals surface area contributed by atoms with Gasteiger partial charge in [-0.15, -0.1) is 0 Å². The topological polar surface area (TPSA) is 304 Å². The van der Waals surface area contributed by atoms with E-state index in [4.69, 9.17) is 37.9 Å². The van der Waals surface area contributed by atoms with E-state index in [1.165, 1.54) is 28.7 Å². The number of aliphatic hydroxyl groups excluding tert-OH is 6. The predicted molar refractivity (Wildman–Crippen MR) is 437 cm³/mol. The second-order valence-electron chi connectivity index (χ2n) is 39.9. The molecule has 4 heterocycles. The van der Waals surface area contributed by atoms with E-state index in [0.717, 1.165) is 116 Å². The average molecular weight is 1610 g/mol. The second-order valence-corrected chi connectivity index (χ2v) is 39.9. The summed E-state index contributed by atoms with van der Waals surface area (Å²) in [5.41, 5.74) is -0.578. The van der Waals surface area contributed by atoms with E-state index >= 15 is 0 Å². The Hall–Kier alpha value is -3.52. The van der Waals surface area contributed by atoms with Crippen molar-refractivity contribution in [3.05, 3.63) is 70.9 Å². The Bertz CT molecular complexity index is 3800. The van der Waals surface area contributed by atoms with E-state index in [0.29, 0.717) is 93.7 Å². The van der Waals surface area contributed by atoms with Gasteiger partial charge in [0, 0.05) is 34.5 Å². The van der Waals surface area contributed by atoms with Crippen LogP contribution >= 0.6 is 0 Å². The lowest BCUT2D eigenvalue weighted by atomic mass is 9.45. The fourth-order valence-corrected chi connectivity index (χ4v) is 31.5. The van der Waals surface area contributed by atoms with Gasteiger partial charge in [-0.3, -0.25) is 19.2 Å². The third kappa shape index (κ3) is 12.7. The molecule has 16 fully saturated rings. The van der Waals surface area contributed by atoms with E-state index in [9.17, 15) is 60.0 Å². The molecule has 648 valence electrons. The Morgan fingerprint density at radius 2 is 0.696 bits per heavy atom. The first-order valence-corrected chi connectivity index (χ1v) is 43.9. The molecule has 30 atom stereocenters. The molecule has 4 aliphatic heterocycles. The van der Waals surface area contributed by atoms with E-state index < -0.39 is 87.9 Å². The summed E-state index contributed by atoms with van der Waals surface area (Å²) in [4.78, 5) is 48.7. The van der Waals surface area contributed by atoms with Crippen LogP contribution in [0.4, 0.5) is 0 Å². The Labute approximate surface area is 687 Å². The van der Waals surface area contributed by atoms with E-state index in [1.54, 1.807) is 6.08 Å². The lowest BCUT2D eigenvalue weighted by molar-refractivity contribution is -0.257. The fourth-order valence-electron chi connectivity index (χ4n) is 31.5. The van der Waals surface area contributed by atoms with Crippen LogP contribution in [0.3, 0.4) is 0 Å². The molecule has 2 unspecified atom stereocenters. The summed E-state index contributed by atoms with van der Waals surface area (Å²) in [6.45, 7) is 26.2. The first-order chi connectivity index (χ1) is 53.3. The second kappa shape index (κ2) is 32.3. The van der Waals surface area contributed by atoms with Crippen LogP contribution in [0, 0.1) is 114 Å². The van der Waals surface area contributed by atoms with Gasteiger partial charge in [0.15, 0.2) is 50.3 Å². The molecule has 20 aliphatic rings. The average Bonchev–Trinajstić information content (AvgIpc) is 1.52. The molecule has 0 aromatic carbocycles. The largest absolute Gasteiger partial charge is 0.393 e. The molecule has 12 saturated carbocycles. The van der Waals surface area contributed by atoms with Crippen molar-refractivity contribution < 1.29 is 97.9 Å². The minimum Gasteiger partial charge on any atom is -0.393 e. The highest BCUT2D eigenvalue weighted by Gasteiger charge is 2.80. The van der Waals surface area contributed by atoms with E-state index in [1.807, 2.05) is 47.6 Å². The van der Waals surface area contributed by atoms with Crippen molar-refractivity contribution in [1.29, 1.82) is 0 Å². The molecule has 0 amide bonds. The van der Waals surface area contributed by atoms with Gasteiger partial charge >= 0.3 is 0 Å². The number of hydrogen-bond donors (Lipinski definition) is 8. The number of carbonyl (C=O) groups is 4. The number of ether oxygens (including phenoxy) is 8. The summed E-state index contributed by atoms with van der Waals surface area (Å²) in [5, 5.41) is 86.6. The lowest BCUT2D eigenvalue weighted by Gasteiger charge is -2.61. The third-order valence-electron chi connectivity index (χ3n) is 36.6. The maximum atomic E-state index is 12.4. The van der Waals surface area contributed by atoms with Crippen LogP contribution in [-0.4, -0.2) is 176 Å². The number of rotatable bonds is 4.